The maximum Gasteiger partial charge on any atom is 0.130 e. The highest BCUT2D eigenvalue weighted by Gasteiger charge is 2.14. The molecule has 4 rings (SSSR count). The third-order valence-electron chi connectivity index (χ3n) is 5.01. The standard InChI is InChI=1S/C21H13B4ClN4/c1-10(16-17(22)19(24)21(26)20(25)18(16)23)29-15-6-13-5-11(3-4-12(13)7-28-15)14-8-27-9-30(14)2/h3-9H,1H2,2H3,(H,28,29). The van der Waals surface area contributed by atoms with Gasteiger partial charge in [-0.15, -0.1) is 0 Å². The Labute approximate surface area is 185 Å². The Kier molecular flexibility index (Phi) is 5.29. The molecule has 0 saturated carbocycles. The van der Waals surface area contributed by atoms with Crippen molar-refractivity contribution in [2.45, 2.75) is 0 Å². The lowest BCUT2D eigenvalue weighted by molar-refractivity contribution is 0.921. The second-order valence-corrected chi connectivity index (χ2v) is 7.35. The number of anilines is 1. The number of rotatable bonds is 4. The molecule has 0 atom stereocenters. The number of benzene rings is 2. The van der Waals surface area contributed by atoms with Crippen LogP contribution in [-0.4, -0.2) is 45.9 Å². The molecule has 1 N–H and O–H groups in total. The Morgan fingerprint density at radius 1 is 1.00 bits per heavy atom. The molecule has 30 heavy (non-hydrogen) atoms. The van der Waals surface area contributed by atoms with Crippen LogP contribution in [0.2, 0.25) is 5.02 Å². The van der Waals surface area contributed by atoms with Gasteiger partial charge in [-0.05, 0) is 23.1 Å². The Bertz CT molecular complexity index is 1290. The molecule has 0 fully saturated rings. The molecule has 0 aliphatic carbocycles. The number of nitrogens with one attached hydrogen (secondary N) is 1. The summed E-state index contributed by atoms with van der Waals surface area (Å²) in [4.78, 5) is 8.62. The minimum absolute atomic E-state index is 0.132. The molecule has 0 aliphatic rings. The number of fused-ring (bicyclic) bond motifs is 1. The highest BCUT2D eigenvalue weighted by atomic mass is 35.5. The van der Waals surface area contributed by atoms with Crippen molar-refractivity contribution in [2.75, 3.05) is 5.32 Å². The van der Waals surface area contributed by atoms with Crippen molar-refractivity contribution >= 4 is 87.1 Å². The maximum atomic E-state index is 6.11. The average Bonchev–Trinajstić information content (AvgIpc) is 3.16. The first-order valence-corrected chi connectivity index (χ1v) is 9.40. The molecule has 0 spiro atoms. The second kappa shape index (κ2) is 7.77. The van der Waals surface area contributed by atoms with Gasteiger partial charge in [0.2, 0.25) is 0 Å². The summed E-state index contributed by atoms with van der Waals surface area (Å²) < 4.78 is 1.96. The number of nitrogens with zero attached hydrogens (tertiary/aromatic N) is 3. The van der Waals surface area contributed by atoms with E-state index in [0.29, 0.717) is 17.1 Å². The zero-order chi connectivity index (χ0) is 21.6. The topological polar surface area (TPSA) is 42.7 Å². The van der Waals surface area contributed by atoms with Gasteiger partial charge in [0.15, 0.2) is 0 Å². The fraction of sp³-hybridized carbons (Fsp3) is 0.0476. The highest BCUT2D eigenvalue weighted by molar-refractivity contribution is 6.64. The zero-order valence-corrected chi connectivity index (χ0v) is 17.0. The fourth-order valence-corrected chi connectivity index (χ4v) is 3.55. The van der Waals surface area contributed by atoms with Crippen LogP contribution in [0.15, 0.2) is 49.6 Å². The first-order valence-electron chi connectivity index (χ1n) is 9.02. The van der Waals surface area contributed by atoms with Crippen molar-refractivity contribution < 1.29 is 0 Å². The molecule has 8 radical (unpaired) electrons. The molecule has 0 amide bonds. The van der Waals surface area contributed by atoms with Gasteiger partial charge in [0.25, 0.3) is 0 Å². The van der Waals surface area contributed by atoms with Crippen LogP contribution < -0.4 is 27.2 Å². The van der Waals surface area contributed by atoms with Crippen LogP contribution in [0.3, 0.4) is 0 Å². The number of aryl methyl sites for hydroxylation is 1. The van der Waals surface area contributed by atoms with Crippen LogP contribution in [-0.2, 0) is 7.05 Å². The molecule has 9 heteroatoms. The van der Waals surface area contributed by atoms with E-state index >= 15 is 0 Å². The summed E-state index contributed by atoms with van der Waals surface area (Å²) in [5.74, 6) is 0.570. The van der Waals surface area contributed by atoms with Crippen molar-refractivity contribution in [1.82, 2.24) is 14.5 Å². The van der Waals surface area contributed by atoms with Gasteiger partial charge in [-0.3, -0.25) is 0 Å². The number of pyridine rings is 1. The summed E-state index contributed by atoms with van der Waals surface area (Å²) in [5.41, 5.74) is 3.62. The van der Waals surface area contributed by atoms with E-state index in [4.69, 9.17) is 43.0 Å². The summed E-state index contributed by atoms with van der Waals surface area (Å²) in [6.45, 7) is 4.03. The van der Waals surface area contributed by atoms with E-state index in [-0.39, 0.29) is 26.9 Å². The monoisotopic (exact) mass is 400 g/mol. The number of imidazole rings is 1. The molecule has 4 aromatic rings. The number of hydrogen-bond donors (Lipinski definition) is 1. The van der Waals surface area contributed by atoms with Crippen molar-refractivity contribution in [3.05, 3.63) is 60.2 Å². The normalized spacial score (nSPS) is 11.0. The predicted molar refractivity (Wildman–Crippen MR) is 130 cm³/mol. The Hall–Kier alpha value is -2.85. The van der Waals surface area contributed by atoms with Crippen LogP contribution in [0.1, 0.15) is 5.56 Å². The molecule has 0 aliphatic heterocycles. The van der Waals surface area contributed by atoms with Crippen molar-refractivity contribution in [2.24, 2.45) is 7.05 Å². The van der Waals surface area contributed by atoms with Crippen LogP contribution in [0.25, 0.3) is 27.7 Å². The fourth-order valence-electron chi connectivity index (χ4n) is 3.34. The minimum Gasteiger partial charge on any atom is -0.340 e. The van der Waals surface area contributed by atoms with E-state index < -0.39 is 0 Å². The second-order valence-electron chi connectivity index (χ2n) is 6.97. The highest BCUT2D eigenvalue weighted by Crippen LogP contribution is 2.25. The SMILES string of the molecule is [B]c1c([B])c(C(=C)Nc2cc3cc(-c4cncn4C)ccc3cn2)c([B])c([B])c1Cl. The lowest BCUT2D eigenvalue weighted by Crippen LogP contribution is -2.45. The molecular weight excluding hydrogens is 387 g/mol. The Balaban J connectivity index is 1.71. The summed E-state index contributed by atoms with van der Waals surface area (Å²) in [5, 5.41) is 5.26. The molecule has 0 bridgehead atoms. The average molecular weight is 400 g/mol. The molecule has 0 unspecified atom stereocenters. The van der Waals surface area contributed by atoms with Gasteiger partial charge in [-0.25, -0.2) is 9.97 Å². The summed E-state index contributed by atoms with van der Waals surface area (Å²) in [7, 11) is 26.1. The number of aromatic nitrogens is 3. The minimum atomic E-state index is 0.132. The maximum absolute atomic E-state index is 6.11. The number of hydrogen-bond acceptors (Lipinski definition) is 3. The van der Waals surface area contributed by atoms with Gasteiger partial charge in [0.1, 0.15) is 37.2 Å². The molecule has 2 aromatic heterocycles. The van der Waals surface area contributed by atoms with E-state index in [1.807, 2.05) is 36.0 Å². The molecule has 2 aromatic carbocycles. The molecule has 136 valence electrons. The van der Waals surface area contributed by atoms with E-state index in [2.05, 4.69) is 27.9 Å². The first-order chi connectivity index (χ1) is 14.3. The summed E-state index contributed by atoms with van der Waals surface area (Å²) >= 11 is 6.08. The van der Waals surface area contributed by atoms with Crippen LogP contribution >= 0.6 is 11.6 Å². The first kappa shape index (κ1) is 20.4. The largest absolute Gasteiger partial charge is 0.340 e. The molecule has 4 nitrogen and oxygen atoms in total. The lowest BCUT2D eigenvalue weighted by atomic mass is 9.66. The van der Waals surface area contributed by atoms with Crippen LogP contribution in [0.4, 0.5) is 5.82 Å². The van der Waals surface area contributed by atoms with Gasteiger partial charge in [-0.1, -0.05) is 52.2 Å². The zero-order valence-electron chi connectivity index (χ0n) is 16.3. The van der Waals surface area contributed by atoms with Gasteiger partial charge in [0, 0.05) is 34.9 Å². The van der Waals surface area contributed by atoms with E-state index in [1.165, 1.54) is 0 Å². The van der Waals surface area contributed by atoms with Gasteiger partial charge < -0.3 is 9.88 Å². The van der Waals surface area contributed by atoms with Gasteiger partial charge >= 0.3 is 0 Å². The quantitative estimate of drug-likeness (QED) is 0.509. The van der Waals surface area contributed by atoms with E-state index in [9.17, 15) is 0 Å². The van der Waals surface area contributed by atoms with E-state index in [0.717, 1.165) is 22.0 Å². The summed E-state index contributed by atoms with van der Waals surface area (Å²) in [6, 6.07) is 8.03. The van der Waals surface area contributed by atoms with Gasteiger partial charge in [0.05, 0.1) is 18.2 Å². The number of halogens is 1. The Morgan fingerprint density at radius 2 is 1.70 bits per heavy atom. The van der Waals surface area contributed by atoms with Crippen molar-refractivity contribution in [3.8, 4) is 11.3 Å². The smallest absolute Gasteiger partial charge is 0.130 e. The van der Waals surface area contributed by atoms with Crippen LogP contribution in [0, 0.1) is 0 Å². The Morgan fingerprint density at radius 3 is 2.33 bits per heavy atom. The molecule has 0 saturated heterocycles. The molecule has 2 heterocycles. The lowest BCUT2D eigenvalue weighted by Gasteiger charge is -2.21. The third kappa shape index (κ3) is 3.46. The third-order valence-corrected chi connectivity index (χ3v) is 5.41. The van der Waals surface area contributed by atoms with Gasteiger partial charge in [-0.2, -0.15) is 0 Å². The summed E-state index contributed by atoms with van der Waals surface area (Å²) in [6.07, 6.45) is 5.36. The van der Waals surface area contributed by atoms with Crippen molar-refractivity contribution in [1.29, 1.82) is 0 Å². The van der Waals surface area contributed by atoms with E-state index in [1.54, 1.807) is 12.5 Å². The van der Waals surface area contributed by atoms with Crippen LogP contribution in [0.5, 0.6) is 0 Å². The molecular formula is C21H13B4ClN4. The van der Waals surface area contributed by atoms with Crippen molar-refractivity contribution in [3.63, 3.8) is 0 Å². The predicted octanol–water partition coefficient (Wildman–Crippen LogP) is 0.547.